The lowest BCUT2D eigenvalue weighted by molar-refractivity contribution is -0.382. The standard InChI is InChI=1S/C53H90O22/c1-22(2)11-10-14-53(9,75-48-43(39(65)35(61)28(20-55)72-48)74-46-40(66)36(62)29(21-56)70-46)24-12-16-51(7)32(24)25(57)17-30-50(6)15-13-31(58)49(4,5)44(50)26(18-52(30,51)8)69-47-42(38(64)34(60)27(19-54)71-47)73-45-41(67)37(63)33(59)23(3)68-45/h11,23-48,54-67H,10,12-21H2,1-9H3/t23-,24-,25+,26-,27+,28+,29-,30+,31-,32-,33-,34+,35+,36-,37+,38-,39-,40+,41+,42+,43+,44-,45-,46-,47+,48-,50+,51+,52+,53-/m0/s1. The highest BCUT2D eigenvalue weighted by molar-refractivity contribution is 5.22. The molecule has 0 unspecified atom stereocenters. The predicted octanol–water partition coefficient (Wildman–Crippen LogP) is -1.57. The van der Waals surface area contributed by atoms with Crippen molar-refractivity contribution >= 4 is 0 Å². The van der Waals surface area contributed by atoms with Crippen molar-refractivity contribution in [3.05, 3.63) is 11.6 Å². The molecule has 0 bridgehead atoms. The molecule has 0 spiro atoms. The van der Waals surface area contributed by atoms with Crippen molar-refractivity contribution in [3.8, 4) is 0 Å². The summed E-state index contributed by atoms with van der Waals surface area (Å²) >= 11 is 0. The van der Waals surface area contributed by atoms with Gasteiger partial charge < -0.3 is 109 Å². The Balaban J connectivity index is 1.16. The van der Waals surface area contributed by atoms with Gasteiger partial charge in [-0.25, -0.2) is 0 Å². The zero-order chi connectivity index (χ0) is 55.2. The Labute approximate surface area is 439 Å². The van der Waals surface area contributed by atoms with Gasteiger partial charge in [0.05, 0.1) is 49.8 Å². The Morgan fingerprint density at radius 3 is 1.69 bits per heavy atom. The van der Waals surface area contributed by atoms with Gasteiger partial charge in [0.15, 0.2) is 25.2 Å². The quantitative estimate of drug-likeness (QED) is 0.0651. The molecule has 0 aromatic heterocycles. The largest absolute Gasteiger partial charge is 0.394 e. The van der Waals surface area contributed by atoms with E-state index in [1.54, 1.807) is 0 Å². The number of aliphatic hydroxyl groups excluding tert-OH is 14. The lowest BCUT2D eigenvalue weighted by atomic mass is 9.34. The van der Waals surface area contributed by atoms with Crippen LogP contribution in [0.4, 0.5) is 0 Å². The number of aliphatic hydroxyl groups is 14. The second-order valence-electron chi connectivity index (χ2n) is 25.4. The molecule has 8 aliphatic rings. The van der Waals surface area contributed by atoms with E-state index < -0.39 is 200 Å². The Kier molecular flexibility index (Phi) is 17.8. The van der Waals surface area contributed by atoms with E-state index in [1.807, 2.05) is 34.6 Å². The van der Waals surface area contributed by atoms with Gasteiger partial charge in [0, 0.05) is 0 Å². The first-order valence-electron chi connectivity index (χ1n) is 27.3. The van der Waals surface area contributed by atoms with Gasteiger partial charge in [0.25, 0.3) is 0 Å². The first-order valence-corrected chi connectivity index (χ1v) is 27.3. The summed E-state index contributed by atoms with van der Waals surface area (Å²) in [5, 5.41) is 155. The number of ether oxygens (including phenoxy) is 8. The molecule has 0 amide bonds. The lowest BCUT2D eigenvalue weighted by Gasteiger charge is -2.72. The molecule has 4 saturated carbocycles. The topological polar surface area (TPSA) is 357 Å². The van der Waals surface area contributed by atoms with Crippen molar-refractivity contribution in [2.24, 2.45) is 45.3 Å². The molecule has 0 radical (unpaired) electrons. The third kappa shape index (κ3) is 10.3. The average Bonchev–Trinajstić information content (AvgIpc) is 3.87. The molecule has 75 heavy (non-hydrogen) atoms. The second kappa shape index (κ2) is 22.3. The maximum Gasteiger partial charge on any atom is 0.187 e. The van der Waals surface area contributed by atoms with Gasteiger partial charge in [0.1, 0.15) is 85.5 Å². The van der Waals surface area contributed by atoms with Gasteiger partial charge in [-0.3, -0.25) is 0 Å². The van der Waals surface area contributed by atoms with Crippen molar-refractivity contribution in [2.45, 2.75) is 254 Å². The molecule has 0 aromatic rings. The summed E-state index contributed by atoms with van der Waals surface area (Å²) in [5.74, 6) is -1.44. The molecule has 22 nitrogen and oxygen atoms in total. The molecule has 14 N–H and O–H groups in total. The van der Waals surface area contributed by atoms with Crippen molar-refractivity contribution in [3.63, 3.8) is 0 Å². The minimum absolute atomic E-state index is 0.149. The first kappa shape index (κ1) is 60.0. The molecule has 8 rings (SSSR count). The minimum Gasteiger partial charge on any atom is -0.394 e. The second-order valence-corrected chi connectivity index (χ2v) is 25.4. The number of hydrogen-bond donors (Lipinski definition) is 14. The van der Waals surface area contributed by atoms with E-state index in [9.17, 15) is 71.5 Å². The molecule has 4 aliphatic carbocycles. The molecule has 8 fully saturated rings. The van der Waals surface area contributed by atoms with Crippen LogP contribution in [0.1, 0.15) is 114 Å². The molecule has 4 heterocycles. The molecule has 434 valence electrons. The smallest absolute Gasteiger partial charge is 0.187 e. The highest BCUT2D eigenvalue weighted by atomic mass is 16.8. The van der Waals surface area contributed by atoms with Crippen LogP contribution in [-0.2, 0) is 37.9 Å². The van der Waals surface area contributed by atoms with E-state index in [1.165, 1.54) is 6.92 Å². The fraction of sp³-hybridized carbons (Fsp3) is 0.962. The van der Waals surface area contributed by atoms with E-state index in [4.69, 9.17) is 37.9 Å². The van der Waals surface area contributed by atoms with E-state index in [-0.39, 0.29) is 5.92 Å². The SMILES string of the molecule is CC(C)=CCC[C@](C)(O[C@@H]1O[C@H](CO)[C@@H](O)[C@H](O)[C@H]1O[C@@H]1O[C@@H](CO)[C@H](O)[C@H]1O)[C@H]1CC[C@]2(C)[C@@H]1[C@H](O)C[C@@H]1[C@@]3(C)CC[C@H](O)C(C)(C)[C@@H]3[C@@H](O[C@@H]3O[C@H](CO)[C@@H](O)[C@H](O)[C@H]3O[C@@H]3O[C@@H](C)[C@H](O)[C@@H](O)[C@H]3O)C[C@]12C. The van der Waals surface area contributed by atoms with Crippen LogP contribution >= 0.6 is 0 Å². The first-order chi connectivity index (χ1) is 35.0. The van der Waals surface area contributed by atoms with Crippen LogP contribution < -0.4 is 0 Å². The number of rotatable bonds is 15. The predicted molar refractivity (Wildman–Crippen MR) is 260 cm³/mol. The van der Waals surface area contributed by atoms with Crippen molar-refractivity contribution in [1.82, 2.24) is 0 Å². The number of allylic oxidation sites excluding steroid dienone is 2. The minimum atomic E-state index is -1.78. The van der Waals surface area contributed by atoms with E-state index in [0.717, 1.165) is 5.57 Å². The van der Waals surface area contributed by atoms with Crippen molar-refractivity contribution in [2.75, 3.05) is 19.8 Å². The average molecular weight is 1080 g/mol. The lowest BCUT2D eigenvalue weighted by Crippen LogP contribution is -2.71. The monoisotopic (exact) mass is 1080 g/mol. The zero-order valence-electron chi connectivity index (χ0n) is 44.9. The summed E-state index contributed by atoms with van der Waals surface area (Å²) in [6.07, 6.45) is -25.8. The van der Waals surface area contributed by atoms with Crippen molar-refractivity contribution < 1.29 is 109 Å². The van der Waals surface area contributed by atoms with Gasteiger partial charge in [0.2, 0.25) is 0 Å². The van der Waals surface area contributed by atoms with Crippen LogP contribution in [0.15, 0.2) is 11.6 Å². The number of fused-ring (bicyclic) bond motifs is 5. The molecule has 4 saturated heterocycles. The van der Waals surface area contributed by atoms with Crippen LogP contribution in [0.25, 0.3) is 0 Å². The van der Waals surface area contributed by atoms with Gasteiger partial charge in [-0.15, -0.1) is 0 Å². The summed E-state index contributed by atoms with van der Waals surface area (Å²) in [6.45, 7) is 15.9. The van der Waals surface area contributed by atoms with Crippen LogP contribution in [0.5, 0.6) is 0 Å². The number of hydrogen-bond acceptors (Lipinski definition) is 22. The highest BCUT2D eigenvalue weighted by Crippen LogP contribution is 2.76. The molecule has 0 aromatic carbocycles. The Hall–Kier alpha value is -1.14. The highest BCUT2D eigenvalue weighted by Gasteiger charge is 2.74. The fourth-order valence-electron chi connectivity index (χ4n) is 16.1. The molecular formula is C53H90O22. The molecule has 22 heteroatoms. The summed E-state index contributed by atoms with van der Waals surface area (Å²) < 4.78 is 50.5. The summed E-state index contributed by atoms with van der Waals surface area (Å²) in [6, 6.07) is 0. The van der Waals surface area contributed by atoms with Gasteiger partial charge in [-0.1, -0.05) is 46.3 Å². The Morgan fingerprint density at radius 2 is 1.12 bits per heavy atom. The third-order valence-corrected chi connectivity index (χ3v) is 20.4. The van der Waals surface area contributed by atoms with Crippen LogP contribution in [0.3, 0.4) is 0 Å². The van der Waals surface area contributed by atoms with Gasteiger partial charge >= 0.3 is 0 Å². The van der Waals surface area contributed by atoms with E-state index >= 15 is 0 Å². The summed E-state index contributed by atoms with van der Waals surface area (Å²) in [4.78, 5) is 0. The van der Waals surface area contributed by atoms with E-state index in [2.05, 4.69) is 26.8 Å². The van der Waals surface area contributed by atoms with Crippen molar-refractivity contribution in [1.29, 1.82) is 0 Å². The normalized spacial score (nSPS) is 53.6. The summed E-state index contributed by atoms with van der Waals surface area (Å²) in [5.41, 5.74) is -2.89. The van der Waals surface area contributed by atoms with Crippen LogP contribution in [0.2, 0.25) is 0 Å². The maximum absolute atomic E-state index is 13.0. The maximum atomic E-state index is 13.0. The van der Waals surface area contributed by atoms with E-state index in [0.29, 0.717) is 51.4 Å². The van der Waals surface area contributed by atoms with Gasteiger partial charge in [-0.2, -0.15) is 0 Å². The van der Waals surface area contributed by atoms with Crippen LogP contribution in [0, 0.1) is 45.3 Å². The molecule has 30 atom stereocenters. The molecule has 4 aliphatic heterocycles. The molecular weight excluding hydrogens is 989 g/mol. The zero-order valence-corrected chi connectivity index (χ0v) is 44.9. The fourth-order valence-corrected chi connectivity index (χ4v) is 16.1. The Bertz CT molecular complexity index is 1960. The third-order valence-electron chi connectivity index (χ3n) is 20.4. The Morgan fingerprint density at radius 1 is 0.600 bits per heavy atom. The van der Waals surface area contributed by atoms with Crippen LogP contribution in [-0.4, -0.2) is 232 Å². The van der Waals surface area contributed by atoms with Gasteiger partial charge in [-0.05, 0) is 124 Å². The summed E-state index contributed by atoms with van der Waals surface area (Å²) in [7, 11) is 0.